The highest BCUT2D eigenvalue weighted by Crippen LogP contribution is 2.33. The molecule has 0 aliphatic carbocycles. The predicted molar refractivity (Wildman–Crippen MR) is 76.9 cm³/mol. The minimum atomic E-state index is 0.656. The molecule has 0 bridgehead atoms. The maximum absolute atomic E-state index is 5.79. The predicted octanol–water partition coefficient (Wildman–Crippen LogP) is 5.21. The van der Waals surface area contributed by atoms with Crippen molar-refractivity contribution in [3.63, 3.8) is 0 Å². The first kappa shape index (κ1) is 12.3. The van der Waals surface area contributed by atoms with E-state index in [0.717, 1.165) is 20.3 Å². The first-order valence-corrected chi connectivity index (χ1v) is 6.47. The fraction of sp³-hybridized carbons (Fsp3) is 0. The molecule has 0 aliphatic rings. The summed E-state index contributed by atoms with van der Waals surface area (Å²) in [6.07, 6.45) is 0. The second-order valence-electron chi connectivity index (χ2n) is 3.36. The second-order valence-corrected chi connectivity index (χ2v) is 5.07. The van der Waals surface area contributed by atoms with Crippen LogP contribution >= 0.6 is 31.9 Å². The van der Waals surface area contributed by atoms with Crippen molar-refractivity contribution in [2.45, 2.75) is 0 Å². The van der Waals surface area contributed by atoms with Gasteiger partial charge in [0.05, 0.1) is 17.1 Å². The van der Waals surface area contributed by atoms with Crippen LogP contribution in [-0.4, -0.2) is 0 Å². The number of nitrogens with zero attached hydrogens (tertiary/aromatic N) is 2. The van der Waals surface area contributed by atoms with Crippen LogP contribution in [0.15, 0.2) is 61.6 Å². The highest BCUT2D eigenvalue weighted by molar-refractivity contribution is 9.11. The van der Waals surface area contributed by atoms with Gasteiger partial charge in [0.15, 0.2) is 0 Å². The van der Waals surface area contributed by atoms with E-state index in [2.05, 4.69) is 42.1 Å². The van der Waals surface area contributed by atoms with Crippen molar-refractivity contribution in [3.8, 4) is 0 Å². The van der Waals surface area contributed by atoms with E-state index >= 15 is 0 Å². The molecule has 2 rings (SSSR count). The van der Waals surface area contributed by atoms with Gasteiger partial charge >= 0.3 is 0 Å². The normalized spacial score (nSPS) is 10.9. The molecule has 0 saturated carbocycles. The zero-order valence-corrected chi connectivity index (χ0v) is 11.9. The third kappa shape index (κ3) is 3.14. The Hall–Kier alpha value is -1.20. The third-order valence-electron chi connectivity index (χ3n) is 2.10. The molecule has 3 nitrogen and oxygen atoms in total. The number of anilines is 1. The maximum atomic E-state index is 5.79. The number of rotatable bonds is 2. The van der Waals surface area contributed by atoms with Crippen LogP contribution in [0, 0.1) is 0 Å². The van der Waals surface area contributed by atoms with E-state index in [9.17, 15) is 0 Å². The summed E-state index contributed by atoms with van der Waals surface area (Å²) in [7, 11) is 0. The molecule has 17 heavy (non-hydrogen) atoms. The van der Waals surface area contributed by atoms with Gasteiger partial charge in [-0.3, -0.25) is 0 Å². The smallest absolute Gasteiger partial charge is 0.0881 e. The fourth-order valence-corrected chi connectivity index (χ4v) is 2.40. The van der Waals surface area contributed by atoms with Crippen molar-refractivity contribution < 1.29 is 0 Å². The minimum Gasteiger partial charge on any atom is -0.397 e. The molecule has 0 aliphatic heterocycles. The van der Waals surface area contributed by atoms with E-state index in [1.54, 1.807) is 0 Å². The molecule has 0 fully saturated rings. The lowest BCUT2D eigenvalue weighted by molar-refractivity contribution is 1.23. The SMILES string of the molecule is Nc1c(Br)cc(N=Nc2ccccc2)cc1Br. The Bertz CT molecular complexity index is 530. The Morgan fingerprint density at radius 1 is 0.824 bits per heavy atom. The quantitative estimate of drug-likeness (QED) is 0.584. The first-order valence-electron chi connectivity index (χ1n) is 4.88. The van der Waals surface area contributed by atoms with Crippen LogP contribution in [0.3, 0.4) is 0 Å². The summed E-state index contributed by atoms with van der Waals surface area (Å²) < 4.78 is 1.60. The van der Waals surface area contributed by atoms with Crippen molar-refractivity contribution in [2.24, 2.45) is 10.2 Å². The van der Waals surface area contributed by atoms with Crippen molar-refractivity contribution in [2.75, 3.05) is 5.73 Å². The minimum absolute atomic E-state index is 0.656. The van der Waals surface area contributed by atoms with Crippen LogP contribution in [0.4, 0.5) is 17.1 Å². The lowest BCUT2D eigenvalue weighted by Gasteiger charge is -2.02. The largest absolute Gasteiger partial charge is 0.397 e. The molecule has 2 aromatic carbocycles. The number of halogens is 2. The van der Waals surface area contributed by atoms with Crippen molar-refractivity contribution in [3.05, 3.63) is 51.4 Å². The zero-order valence-electron chi connectivity index (χ0n) is 8.77. The molecule has 0 unspecified atom stereocenters. The summed E-state index contributed by atoms with van der Waals surface area (Å²) in [4.78, 5) is 0. The van der Waals surface area contributed by atoms with Gasteiger partial charge in [0.1, 0.15) is 0 Å². The van der Waals surface area contributed by atoms with Gasteiger partial charge in [-0.1, -0.05) is 18.2 Å². The van der Waals surface area contributed by atoms with Crippen LogP contribution < -0.4 is 5.73 Å². The van der Waals surface area contributed by atoms with E-state index in [0.29, 0.717) is 5.69 Å². The molecule has 0 aromatic heterocycles. The van der Waals surface area contributed by atoms with E-state index in [4.69, 9.17) is 5.73 Å². The van der Waals surface area contributed by atoms with Gasteiger partial charge in [-0.15, -0.1) is 0 Å². The van der Waals surface area contributed by atoms with Gasteiger partial charge in [0.2, 0.25) is 0 Å². The summed E-state index contributed by atoms with van der Waals surface area (Å²) in [5.41, 5.74) is 8.00. The number of hydrogen-bond donors (Lipinski definition) is 1. The average Bonchev–Trinajstić information content (AvgIpc) is 2.34. The Morgan fingerprint density at radius 3 is 1.94 bits per heavy atom. The van der Waals surface area contributed by atoms with E-state index < -0.39 is 0 Å². The Labute approximate surface area is 116 Å². The highest BCUT2D eigenvalue weighted by atomic mass is 79.9. The molecule has 0 spiro atoms. The van der Waals surface area contributed by atoms with Gasteiger partial charge in [-0.2, -0.15) is 10.2 Å². The molecular weight excluding hydrogens is 346 g/mol. The van der Waals surface area contributed by atoms with Gasteiger partial charge in [-0.25, -0.2) is 0 Å². The molecule has 86 valence electrons. The van der Waals surface area contributed by atoms with Gasteiger partial charge in [0.25, 0.3) is 0 Å². The monoisotopic (exact) mass is 353 g/mol. The van der Waals surface area contributed by atoms with Gasteiger partial charge < -0.3 is 5.73 Å². The summed E-state index contributed by atoms with van der Waals surface area (Å²) in [6, 6.07) is 13.2. The Morgan fingerprint density at radius 2 is 1.35 bits per heavy atom. The fourth-order valence-electron chi connectivity index (χ4n) is 1.24. The summed E-state index contributed by atoms with van der Waals surface area (Å²) in [5, 5.41) is 8.28. The van der Waals surface area contributed by atoms with Gasteiger partial charge in [-0.05, 0) is 56.1 Å². The number of benzene rings is 2. The number of nitrogen functional groups attached to an aromatic ring is 1. The number of nitrogens with two attached hydrogens (primary N) is 1. The molecule has 0 heterocycles. The summed E-state index contributed by atoms with van der Waals surface area (Å²) in [5.74, 6) is 0. The van der Waals surface area contributed by atoms with Crippen molar-refractivity contribution in [1.29, 1.82) is 0 Å². The van der Waals surface area contributed by atoms with Crippen molar-refractivity contribution >= 4 is 48.9 Å². The lowest BCUT2D eigenvalue weighted by Crippen LogP contribution is -1.87. The van der Waals surface area contributed by atoms with Crippen LogP contribution in [0.1, 0.15) is 0 Å². The van der Waals surface area contributed by atoms with E-state index in [1.807, 2.05) is 42.5 Å². The molecule has 2 aromatic rings. The number of azo groups is 1. The average molecular weight is 355 g/mol. The molecule has 0 amide bonds. The molecule has 0 saturated heterocycles. The summed E-state index contributed by atoms with van der Waals surface area (Å²) >= 11 is 6.73. The lowest BCUT2D eigenvalue weighted by atomic mass is 10.3. The van der Waals surface area contributed by atoms with Crippen LogP contribution in [0.25, 0.3) is 0 Å². The number of hydrogen-bond acceptors (Lipinski definition) is 3. The molecule has 5 heteroatoms. The van der Waals surface area contributed by atoms with E-state index in [-0.39, 0.29) is 0 Å². The Balaban J connectivity index is 2.28. The molecule has 0 radical (unpaired) electrons. The second kappa shape index (κ2) is 5.42. The van der Waals surface area contributed by atoms with Crippen LogP contribution in [-0.2, 0) is 0 Å². The first-order chi connectivity index (χ1) is 8.16. The van der Waals surface area contributed by atoms with Gasteiger partial charge in [0, 0.05) is 8.95 Å². The van der Waals surface area contributed by atoms with Crippen LogP contribution in [0.2, 0.25) is 0 Å². The standard InChI is InChI=1S/C12H9Br2N3/c13-10-6-9(7-11(14)12(10)15)17-16-8-4-2-1-3-5-8/h1-7H,15H2. The molecule has 2 N–H and O–H groups in total. The maximum Gasteiger partial charge on any atom is 0.0881 e. The third-order valence-corrected chi connectivity index (χ3v) is 3.41. The summed E-state index contributed by atoms with van der Waals surface area (Å²) in [6.45, 7) is 0. The zero-order chi connectivity index (χ0) is 12.3. The van der Waals surface area contributed by atoms with Crippen molar-refractivity contribution in [1.82, 2.24) is 0 Å². The van der Waals surface area contributed by atoms with E-state index in [1.165, 1.54) is 0 Å². The molecule has 0 atom stereocenters. The Kier molecular flexibility index (Phi) is 3.91. The molecular formula is C12H9Br2N3. The van der Waals surface area contributed by atoms with Crippen LogP contribution in [0.5, 0.6) is 0 Å². The highest BCUT2D eigenvalue weighted by Gasteiger charge is 2.03. The topological polar surface area (TPSA) is 50.7 Å².